The molecule has 0 fully saturated rings. The maximum atomic E-state index is 13.1. The highest BCUT2D eigenvalue weighted by Crippen LogP contribution is 2.44. The number of carbonyl (C=O) groups excluding carboxylic acids is 2. The molecular formula is C20H12Cl4N2O2. The summed E-state index contributed by atoms with van der Waals surface area (Å²) in [6, 6.07) is 14.6. The van der Waals surface area contributed by atoms with Crippen LogP contribution in [0.4, 0.5) is 11.4 Å². The fourth-order valence-corrected chi connectivity index (χ4v) is 3.38. The van der Waals surface area contributed by atoms with E-state index < -0.39 is 11.7 Å². The lowest BCUT2D eigenvalue weighted by atomic mass is 10.00. The molecule has 142 valence electrons. The van der Waals surface area contributed by atoms with E-state index in [9.17, 15) is 9.59 Å². The van der Waals surface area contributed by atoms with Gasteiger partial charge in [-0.05, 0) is 36.4 Å². The zero-order valence-electron chi connectivity index (χ0n) is 14.1. The summed E-state index contributed by atoms with van der Waals surface area (Å²) in [6.45, 7) is 0. The highest BCUT2D eigenvalue weighted by atomic mass is 35.5. The molecule has 0 aliphatic heterocycles. The molecule has 1 amide bonds. The minimum Gasteiger partial charge on any atom is -0.396 e. The number of carbonyl (C=O) groups is 2. The van der Waals surface area contributed by atoms with Gasteiger partial charge in [0.15, 0.2) is 5.78 Å². The lowest BCUT2D eigenvalue weighted by molar-refractivity contribution is 0.102. The third kappa shape index (κ3) is 3.96. The molecule has 4 nitrogen and oxygen atoms in total. The maximum Gasteiger partial charge on any atom is 0.255 e. The van der Waals surface area contributed by atoms with Gasteiger partial charge in [-0.15, -0.1) is 0 Å². The van der Waals surface area contributed by atoms with E-state index in [2.05, 4.69) is 5.32 Å². The number of rotatable bonds is 4. The van der Waals surface area contributed by atoms with Crippen molar-refractivity contribution in [1.82, 2.24) is 0 Å². The Bertz CT molecular complexity index is 1070. The predicted octanol–water partition coefficient (Wildman–Crippen LogP) is 6.37. The van der Waals surface area contributed by atoms with Crippen molar-refractivity contribution in [2.75, 3.05) is 11.1 Å². The summed E-state index contributed by atoms with van der Waals surface area (Å²) in [7, 11) is 0. The van der Waals surface area contributed by atoms with E-state index in [4.69, 9.17) is 52.1 Å². The summed E-state index contributed by atoms with van der Waals surface area (Å²) >= 11 is 24.5. The minimum atomic E-state index is -0.490. The first kappa shape index (κ1) is 20.5. The molecule has 0 heterocycles. The van der Waals surface area contributed by atoms with Crippen LogP contribution in [-0.2, 0) is 0 Å². The summed E-state index contributed by atoms with van der Waals surface area (Å²) in [5.41, 5.74) is 6.60. The fraction of sp³-hybridized carbons (Fsp3) is 0. The van der Waals surface area contributed by atoms with E-state index in [1.807, 2.05) is 0 Å². The van der Waals surface area contributed by atoms with Gasteiger partial charge in [0.2, 0.25) is 0 Å². The van der Waals surface area contributed by atoms with Crippen LogP contribution < -0.4 is 11.1 Å². The quantitative estimate of drug-likeness (QED) is 0.274. The van der Waals surface area contributed by atoms with E-state index in [1.54, 1.807) is 42.5 Å². The van der Waals surface area contributed by atoms with Gasteiger partial charge in [-0.25, -0.2) is 0 Å². The van der Waals surface area contributed by atoms with E-state index in [0.29, 0.717) is 16.1 Å². The van der Waals surface area contributed by atoms with Crippen molar-refractivity contribution in [3.05, 3.63) is 91.4 Å². The molecule has 28 heavy (non-hydrogen) atoms. The summed E-state index contributed by atoms with van der Waals surface area (Å²) in [6.07, 6.45) is 0. The zero-order valence-corrected chi connectivity index (χ0v) is 17.1. The Labute approximate surface area is 181 Å². The average Bonchev–Trinajstić information content (AvgIpc) is 2.71. The maximum absolute atomic E-state index is 13.1. The molecule has 0 atom stereocenters. The Morgan fingerprint density at radius 2 is 1.36 bits per heavy atom. The monoisotopic (exact) mass is 452 g/mol. The number of ketones is 1. The Hall–Kier alpha value is -2.24. The number of nitrogen functional groups attached to an aromatic ring is 1. The third-order valence-corrected chi connectivity index (χ3v) is 5.56. The molecule has 0 saturated heterocycles. The number of hydrogen-bond donors (Lipinski definition) is 2. The van der Waals surface area contributed by atoms with Crippen molar-refractivity contribution in [1.29, 1.82) is 0 Å². The van der Waals surface area contributed by atoms with Crippen molar-refractivity contribution in [3.63, 3.8) is 0 Å². The molecule has 0 aliphatic carbocycles. The number of nitrogens with two attached hydrogens (primary N) is 1. The molecule has 8 heteroatoms. The smallest absolute Gasteiger partial charge is 0.255 e. The van der Waals surface area contributed by atoms with Gasteiger partial charge in [-0.1, -0.05) is 64.6 Å². The van der Waals surface area contributed by atoms with Crippen LogP contribution in [0.3, 0.4) is 0 Å². The summed E-state index contributed by atoms with van der Waals surface area (Å²) < 4.78 is 0. The number of benzene rings is 3. The number of hydrogen-bond acceptors (Lipinski definition) is 3. The molecule has 0 spiro atoms. The number of anilines is 2. The van der Waals surface area contributed by atoms with Crippen LogP contribution in [0.1, 0.15) is 26.3 Å². The minimum absolute atomic E-state index is 0.00629. The van der Waals surface area contributed by atoms with Crippen LogP contribution in [0.2, 0.25) is 20.1 Å². The Morgan fingerprint density at radius 1 is 0.750 bits per heavy atom. The van der Waals surface area contributed by atoms with Gasteiger partial charge in [0.1, 0.15) is 0 Å². The first-order chi connectivity index (χ1) is 13.3. The second-order valence-electron chi connectivity index (χ2n) is 5.76. The lowest BCUT2D eigenvalue weighted by Crippen LogP contribution is -2.17. The van der Waals surface area contributed by atoms with Gasteiger partial charge in [0, 0.05) is 16.1 Å². The normalized spacial score (nSPS) is 10.6. The van der Waals surface area contributed by atoms with Crippen LogP contribution in [0.25, 0.3) is 0 Å². The van der Waals surface area contributed by atoms with Crippen molar-refractivity contribution in [2.24, 2.45) is 0 Å². The van der Waals surface area contributed by atoms with Crippen molar-refractivity contribution in [2.45, 2.75) is 0 Å². The Balaban J connectivity index is 2.14. The third-order valence-electron chi connectivity index (χ3n) is 3.97. The van der Waals surface area contributed by atoms with Crippen molar-refractivity contribution < 1.29 is 9.59 Å². The molecule has 0 bridgehead atoms. The van der Waals surface area contributed by atoms with Gasteiger partial charge in [0.25, 0.3) is 5.91 Å². The standard InChI is InChI=1S/C20H12Cl4N2O2/c21-12-8-6-10(7-9-12)19(27)13-14(22)15(23)16(24)17(25)18(13)26-20(28)11-4-2-1-3-5-11/h1-9H,25H2,(H,26,28). The summed E-state index contributed by atoms with van der Waals surface area (Å²) in [4.78, 5) is 25.7. The van der Waals surface area contributed by atoms with Crippen molar-refractivity contribution >= 4 is 69.5 Å². The Kier molecular flexibility index (Phi) is 6.16. The van der Waals surface area contributed by atoms with E-state index in [1.165, 1.54) is 12.1 Å². The second kappa shape index (κ2) is 8.41. The van der Waals surface area contributed by atoms with Gasteiger partial charge in [-0.3, -0.25) is 9.59 Å². The van der Waals surface area contributed by atoms with Crippen molar-refractivity contribution in [3.8, 4) is 0 Å². The van der Waals surface area contributed by atoms with Gasteiger partial charge in [0.05, 0.1) is 32.0 Å². The number of halogens is 4. The fourth-order valence-electron chi connectivity index (χ4n) is 2.54. The molecule has 3 N–H and O–H groups in total. The van der Waals surface area contributed by atoms with E-state index >= 15 is 0 Å². The van der Waals surface area contributed by atoms with E-state index in [0.717, 1.165) is 0 Å². The molecule has 0 saturated carbocycles. The van der Waals surface area contributed by atoms with Gasteiger partial charge < -0.3 is 11.1 Å². The van der Waals surface area contributed by atoms with Crippen LogP contribution in [0.5, 0.6) is 0 Å². The average molecular weight is 454 g/mol. The summed E-state index contributed by atoms with van der Waals surface area (Å²) in [5, 5.41) is 2.86. The lowest BCUT2D eigenvalue weighted by Gasteiger charge is -2.17. The predicted molar refractivity (Wildman–Crippen MR) is 115 cm³/mol. The Morgan fingerprint density at radius 3 is 1.96 bits per heavy atom. The van der Waals surface area contributed by atoms with Crippen LogP contribution >= 0.6 is 46.4 Å². The molecule has 3 aromatic carbocycles. The largest absolute Gasteiger partial charge is 0.396 e. The molecule has 0 unspecified atom stereocenters. The zero-order chi connectivity index (χ0) is 20.4. The SMILES string of the molecule is Nc1c(Cl)c(Cl)c(Cl)c(C(=O)c2ccc(Cl)cc2)c1NC(=O)c1ccccc1. The molecule has 3 aromatic rings. The molecule has 0 aliphatic rings. The molecular weight excluding hydrogens is 442 g/mol. The molecule has 0 radical (unpaired) electrons. The first-order valence-electron chi connectivity index (χ1n) is 7.93. The van der Waals surface area contributed by atoms with E-state index in [-0.39, 0.29) is 32.0 Å². The number of nitrogens with one attached hydrogen (secondary N) is 1. The van der Waals surface area contributed by atoms with Gasteiger partial charge >= 0.3 is 0 Å². The highest BCUT2D eigenvalue weighted by Gasteiger charge is 2.26. The molecule has 0 aromatic heterocycles. The molecule has 3 rings (SSSR count). The van der Waals surface area contributed by atoms with Crippen LogP contribution in [-0.4, -0.2) is 11.7 Å². The topological polar surface area (TPSA) is 72.2 Å². The number of amides is 1. The second-order valence-corrected chi connectivity index (χ2v) is 7.33. The van der Waals surface area contributed by atoms with Crippen LogP contribution in [0, 0.1) is 0 Å². The summed E-state index contributed by atoms with van der Waals surface area (Å²) in [5.74, 6) is -0.970. The van der Waals surface area contributed by atoms with Crippen LogP contribution in [0.15, 0.2) is 54.6 Å². The highest BCUT2D eigenvalue weighted by molar-refractivity contribution is 6.51. The van der Waals surface area contributed by atoms with Gasteiger partial charge in [-0.2, -0.15) is 0 Å². The first-order valence-corrected chi connectivity index (χ1v) is 9.45.